The van der Waals surface area contributed by atoms with Gasteiger partial charge in [-0.05, 0) is 54.6 Å². The van der Waals surface area contributed by atoms with Gasteiger partial charge < -0.3 is 0 Å². The van der Waals surface area contributed by atoms with E-state index in [0.29, 0.717) is 0 Å². The average Bonchev–Trinajstić information content (AvgIpc) is 3.35. The van der Waals surface area contributed by atoms with E-state index >= 15 is 0 Å². The number of hydrogen-bond donors (Lipinski definition) is 0. The van der Waals surface area contributed by atoms with Crippen LogP contribution in [0.3, 0.4) is 0 Å². The average molecular weight is 506 g/mol. The summed E-state index contributed by atoms with van der Waals surface area (Å²) < 4.78 is 0. The number of nitro groups is 1. The molecule has 0 aromatic heterocycles. The number of anilines is 2. The van der Waals surface area contributed by atoms with Crippen LogP contribution in [0.2, 0.25) is 0 Å². The molecule has 182 valence electrons. The number of nitro benzene ring substituents is 1. The lowest BCUT2D eigenvalue weighted by Gasteiger charge is -2.47. The summed E-state index contributed by atoms with van der Waals surface area (Å²) in [5.41, 5.74) is 5.89. The predicted octanol–water partition coefficient (Wildman–Crippen LogP) is 6.95. The fourth-order valence-corrected chi connectivity index (χ4v) is 6.14. The van der Waals surface area contributed by atoms with Gasteiger partial charge in [0.1, 0.15) is 5.04 Å². The van der Waals surface area contributed by atoms with Crippen LogP contribution in [0, 0.1) is 10.1 Å². The fraction of sp³-hybridized carbons (Fsp3) is 0.103. The SMILES string of the molecule is CCC1=NN(c2ccccc2)[C@]2(SC(c3ccc([N+](=O)[O-])cc3)=NN2c2ccccc2)c2ccccc21. The molecule has 0 fully saturated rings. The molecular weight excluding hydrogens is 482 g/mol. The Morgan fingerprint density at radius 3 is 1.95 bits per heavy atom. The van der Waals surface area contributed by atoms with Crippen LogP contribution >= 0.6 is 11.8 Å². The van der Waals surface area contributed by atoms with Gasteiger partial charge in [0.15, 0.2) is 0 Å². The molecule has 37 heavy (non-hydrogen) atoms. The third kappa shape index (κ3) is 3.77. The van der Waals surface area contributed by atoms with Crippen LogP contribution < -0.4 is 10.0 Å². The van der Waals surface area contributed by atoms with Crippen molar-refractivity contribution in [2.45, 2.75) is 18.3 Å². The van der Waals surface area contributed by atoms with Gasteiger partial charge in [-0.25, -0.2) is 10.0 Å². The minimum Gasteiger partial charge on any atom is -0.258 e. The number of para-hydroxylation sites is 2. The molecule has 2 aliphatic heterocycles. The summed E-state index contributed by atoms with van der Waals surface area (Å²) in [6, 6.07) is 35.1. The Labute approximate surface area is 218 Å². The highest BCUT2D eigenvalue weighted by Gasteiger charge is 2.55. The van der Waals surface area contributed by atoms with Gasteiger partial charge in [-0.3, -0.25) is 10.1 Å². The molecule has 4 aromatic carbocycles. The third-order valence-corrected chi connectivity index (χ3v) is 7.84. The standard InChI is InChI=1S/C29H23N5O2S/c1-2-27-25-15-9-10-16-26(25)29(32(30-27)22-11-5-3-6-12-22)33(23-13-7-4-8-14-23)31-28(37-29)21-17-19-24(20-18-21)34(35)36/h3-20H,2H2,1H3/t29-/m1/s1. The third-order valence-electron chi connectivity index (χ3n) is 6.48. The molecule has 1 spiro atoms. The highest BCUT2D eigenvalue weighted by molar-refractivity contribution is 8.15. The summed E-state index contributed by atoms with van der Waals surface area (Å²) in [6.07, 6.45) is 0.780. The smallest absolute Gasteiger partial charge is 0.258 e. The largest absolute Gasteiger partial charge is 0.269 e. The highest BCUT2D eigenvalue weighted by Crippen LogP contribution is 2.55. The number of rotatable bonds is 5. The number of thioether (sulfide) groups is 1. The van der Waals surface area contributed by atoms with E-state index in [4.69, 9.17) is 10.2 Å². The van der Waals surface area contributed by atoms with Gasteiger partial charge >= 0.3 is 0 Å². The number of fused-ring (bicyclic) bond motifs is 2. The van der Waals surface area contributed by atoms with Gasteiger partial charge in [-0.2, -0.15) is 10.2 Å². The summed E-state index contributed by atoms with van der Waals surface area (Å²) in [6.45, 7) is 2.12. The topological polar surface area (TPSA) is 74.3 Å². The molecule has 2 aliphatic rings. The second-order valence-electron chi connectivity index (χ2n) is 8.66. The van der Waals surface area contributed by atoms with E-state index < -0.39 is 4.99 Å². The molecule has 0 aliphatic carbocycles. The number of nitrogens with zero attached hydrogens (tertiary/aromatic N) is 5. The quantitative estimate of drug-likeness (QED) is 0.217. The number of hydrazone groups is 2. The van der Waals surface area contributed by atoms with E-state index in [1.54, 1.807) is 23.9 Å². The Kier molecular flexibility index (Phi) is 5.73. The molecule has 4 aromatic rings. The zero-order valence-corrected chi connectivity index (χ0v) is 20.9. The van der Waals surface area contributed by atoms with Crippen LogP contribution in [-0.2, 0) is 4.99 Å². The van der Waals surface area contributed by atoms with Gasteiger partial charge in [0.2, 0.25) is 4.99 Å². The maximum absolute atomic E-state index is 11.2. The van der Waals surface area contributed by atoms with Crippen LogP contribution in [0.5, 0.6) is 0 Å². The second-order valence-corrected chi connectivity index (χ2v) is 9.82. The fourth-order valence-electron chi connectivity index (χ4n) is 4.74. The molecule has 0 saturated heterocycles. The zero-order chi connectivity index (χ0) is 25.4. The molecule has 0 amide bonds. The molecule has 7 nitrogen and oxygen atoms in total. The van der Waals surface area contributed by atoms with E-state index in [2.05, 4.69) is 42.3 Å². The Balaban J connectivity index is 1.60. The second kappa shape index (κ2) is 9.22. The molecule has 1 atom stereocenters. The maximum atomic E-state index is 11.2. The Bertz CT molecular complexity index is 1520. The van der Waals surface area contributed by atoms with E-state index in [0.717, 1.165) is 45.2 Å². The van der Waals surface area contributed by atoms with Crippen molar-refractivity contribution < 1.29 is 4.92 Å². The summed E-state index contributed by atoms with van der Waals surface area (Å²) in [5, 5.41) is 26.4. The summed E-state index contributed by atoms with van der Waals surface area (Å²) >= 11 is 1.59. The van der Waals surface area contributed by atoms with Crippen molar-refractivity contribution in [1.29, 1.82) is 0 Å². The molecule has 0 saturated carbocycles. The highest BCUT2D eigenvalue weighted by atomic mass is 32.2. The van der Waals surface area contributed by atoms with Crippen LogP contribution in [-0.4, -0.2) is 15.7 Å². The minimum absolute atomic E-state index is 0.0492. The van der Waals surface area contributed by atoms with Crippen LogP contribution in [0.1, 0.15) is 30.0 Å². The summed E-state index contributed by atoms with van der Waals surface area (Å²) in [4.78, 5) is 10.0. The van der Waals surface area contributed by atoms with E-state index in [9.17, 15) is 10.1 Å². The van der Waals surface area contributed by atoms with Crippen LogP contribution in [0.4, 0.5) is 17.1 Å². The van der Waals surface area contributed by atoms with Crippen molar-refractivity contribution in [3.8, 4) is 0 Å². The summed E-state index contributed by atoms with van der Waals surface area (Å²) in [7, 11) is 0. The first kappa shape index (κ1) is 23.0. The van der Waals surface area contributed by atoms with Gasteiger partial charge in [-0.15, -0.1) is 0 Å². The lowest BCUT2D eigenvalue weighted by Crippen LogP contribution is -2.53. The van der Waals surface area contributed by atoms with Gasteiger partial charge in [-0.1, -0.05) is 67.6 Å². The first-order chi connectivity index (χ1) is 18.1. The predicted molar refractivity (Wildman–Crippen MR) is 150 cm³/mol. The van der Waals surface area contributed by atoms with Crippen LogP contribution in [0.25, 0.3) is 0 Å². The van der Waals surface area contributed by atoms with Crippen molar-refractivity contribution in [1.82, 2.24) is 0 Å². The van der Waals surface area contributed by atoms with Crippen molar-refractivity contribution in [2.24, 2.45) is 10.2 Å². The molecular formula is C29H23N5O2S. The molecule has 0 N–H and O–H groups in total. The molecule has 0 unspecified atom stereocenters. The monoisotopic (exact) mass is 505 g/mol. The zero-order valence-electron chi connectivity index (χ0n) is 20.1. The first-order valence-electron chi connectivity index (χ1n) is 12.0. The van der Waals surface area contributed by atoms with Crippen molar-refractivity contribution in [2.75, 3.05) is 10.0 Å². The van der Waals surface area contributed by atoms with Crippen molar-refractivity contribution >= 4 is 39.6 Å². The van der Waals surface area contributed by atoms with Gasteiger partial charge in [0.05, 0.1) is 22.0 Å². The van der Waals surface area contributed by atoms with Gasteiger partial charge in [0.25, 0.3) is 5.69 Å². The van der Waals surface area contributed by atoms with Crippen LogP contribution in [0.15, 0.2) is 119 Å². The maximum Gasteiger partial charge on any atom is 0.269 e. The lowest BCUT2D eigenvalue weighted by atomic mass is 9.96. The van der Waals surface area contributed by atoms with Crippen molar-refractivity contribution in [3.05, 3.63) is 136 Å². The molecule has 8 heteroatoms. The Morgan fingerprint density at radius 1 is 0.784 bits per heavy atom. The molecule has 6 rings (SSSR count). The van der Waals surface area contributed by atoms with E-state index in [1.165, 1.54) is 12.1 Å². The first-order valence-corrected chi connectivity index (χ1v) is 12.8. The Hall–Kier alpha value is -4.43. The normalized spacial score (nSPS) is 18.4. The number of benzene rings is 4. The number of hydrogen-bond acceptors (Lipinski definition) is 7. The summed E-state index contributed by atoms with van der Waals surface area (Å²) in [5.74, 6) is 0. The molecule has 0 radical (unpaired) electrons. The van der Waals surface area contributed by atoms with Gasteiger partial charge in [0, 0.05) is 28.8 Å². The number of non-ortho nitro benzene ring substituents is 1. The van der Waals surface area contributed by atoms with Crippen molar-refractivity contribution in [3.63, 3.8) is 0 Å². The molecule has 2 heterocycles. The van der Waals surface area contributed by atoms with E-state index in [-0.39, 0.29) is 10.6 Å². The minimum atomic E-state index is -0.852. The Morgan fingerprint density at radius 2 is 1.35 bits per heavy atom. The molecule has 0 bridgehead atoms. The lowest BCUT2D eigenvalue weighted by molar-refractivity contribution is -0.384. The van der Waals surface area contributed by atoms with E-state index in [1.807, 2.05) is 59.6 Å².